The van der Waals surface area contributed by atoms with Crippen molar-refractivity contribution >= 4 is 0 Å². The van der Waals surface area contributed by atoms with Crippen LogP contribution in [0.25, 0.3) is 0 Å². The van der Waals surface area contributed by atoms with Gasteiger partial charge in [0, 0.05) is 0 Å². The molecule has 1 atom stereocenters. The summed E-state index contributed by atoms with van der Waals surface area (Å²) in [5.41, 5.74) is 2.48. The van der Waals surface area contributed by atoms with Crippen LogP contribution in [0.2, 0.25) is 0 Å². The minimum atomic E-state index is -4.34. The largest absolute Gasteiger partial charge is 0.492 e. The van der Waals surface area contributed by atoms with Gasteiger partial charge in [0.2, 0.25) is 0 Å². The van der Waals surface area contributed by atoms with Crippen LogP contribution in [0, 0.1) is 0 Å². The van der Waals surface area contributed by atoms with E-state index < -0.39 is 17.8 Å². The summed E-state index contributed by atoms with van der Waals surface area (Å²) in [5, 5.41) is 0. The Bertz CT molecular complexity index is 555. The SMILES string of the molecule is NNC(COc1ccccc1)c1ccc(C(F)(F)F)cc1. The molecule has 0 amide bonds. The molecule has 2 aromatic carbocycles. The van der Waals surface area contributed by atoms with Crippen LogP contribution in [0.15, 0.2) is 54.6 Å². The summed E-state index contributed by atoms with van der Waals surface area (Å²) in [6.45, 7) is 0.214. The van der Waals surface area contributed by atoms with Crippen molar-refractivity contribution in [2.45, 2.75) is 12.2 Å². The second kappa shape index (κ2) is 6.60. The molecule has 2 rings (SSSR count). The van der Waals surface area contributed by atoms with Crippen molar-refractivity contribution in [2.75, 3.05) is 6.61 Å². The third kappa shape index (κ3) is 4.21. The molecule has 0 aromatic heterocycles. The summed E-state index contributed by atoms with van der Waals surface area (Å²) < 4.78 is 43.1. The van der Waals surface area contributed by atoms with Gasteiger partial charge in [-0.3, -0.25) is 5.84 Å². The van der Waals surface area contributed by atoms with Gasteiger partial charge in [-0.05, 0) is 29.8 Å². The molecule has 0 radical (unpaired) electrons. The van der Waals surface area contributed by atoms with Crippen LogP contribution in [-0.4, -0.2) is 6.61 Å². The maximum atomic E-state index is 12.5. The van der Waals surface area contributed by atoms with Crippen molar-refractivity contribution in [1.29, 1.82) is 0 Å². The molecule has 6 heteroatoms. The van der Waals surface area contributed by atoms with Crippen LogP contribution in [0.5, 0.6) is 5.75 Å². The Kier molecular flexibility index (Phi) is 4.82. The van der Waals surface area contributed by atoms with Gasteiger partial charge in [-0.15, -0.1) is 0 Å². The van der Waals surface area contributed by atoms with Crippen molar-refractivity contribution in [3.8, 4) is 5.75 Å². The Morgan fingerprint density at radius 1 is 1.00 bits per heavy atom. The van der Waals surface area contributed by atoms with Crippen molar-refractivity contribution < 1.29 is 17.9 Å². The standard InChI is InChI=1S/C15H15F3N2O/c16-15(17,18)12-8-6-11(7-9-12)14(20-19)10-21-13-4-2-1-3-5-13/h1-9,14,20H,10,19H2. The predicted octanol–water partition coefficient (Wildman–Crippen LogP) is 3.29. The van der Waals surface area contributed by atoms with Crippen LogP contribution < -0.4 is 16.0 Å². The van der Waals surface area contributed by atoms with E-state index >= 15 is 0 Å². The Hall–Kier alpha value is -2.05. The lowest BCUT2D eigenvalue weighted by molar-refractivity contribution is -0.137. The fourth-order valence-electron chi connectivity index (χ4n) is 1.84. The summed E-state index contributed by atoms with van der Waals surface area (Å²) in [6.07, 6.45) is -4.34. The molecule has 3 N–H and O–H groups in total. The lowest BCUT2D eigenvalue weighted by Gasteiger charge is -2.18. The van der Waals surface area contributed by atoms with Crippen molar-refractivity contribution in [3.05, 3.63) is 65.7 Å². The maximum absolute atomic E-state index is 12.5. The zero-order valence-electron chi connectivity index (χ0n) is 11.1. The van der Waals surface area contributed by atoms with E-state index in [1.807, 2.05) is 18.2 Å². The number of para-hydroxylation sites is 1. The lowest BCUT2D eigenvalue weighted by Crippen LogP contribution is -2.32. The Balaban J connectivity index is 2.04. The molecule has 0 aliphatic rings. The monoisotopic (exact) mass is 296 g/mol. The molecule has 0 spiro atoms. The molecule has 0 heterocycles. The van der Waals surface area contributed by atoms with E-state index in [0.717, 1.165) is 12.1 Å². The van der Waals surface area contributed by atoms with Crippen LogP contribution in [0.3, 0.4) is 0 Å². The van der Waals surface area contributed by atoms with Crippen LogP contribution in [0.4, 0.5) is 13.2 Å². The number of alkyl halides is 3. The Morgan fingerprint density at radius 3 is 2.14 bits per heavy atom. The van der Waals surface area contributed by atoms with Gasteiger partial charge in [0.15, 0.2) is 0 Å². The van der Waals surface area contributed by atoms with E-state index in [1.165, 1.54) is 12.1 Å². The highest BCUT2D eigenvalue weighted by Crippen LogP contribution is 2.29. The second-order valence-electron chi connectivity index (χ2n) is 4.46. The summed E-state index contributed by atoms with van der Waals surface area (Å²) in [6, 6.07) is 13.6. The molecule has 0 fully saturated rings. The Labute approximate surface area is 120 Å². The molecule has 21 heavy (non-hydrogen) atoms. The first-order valence-corrected chi connectivity index (χ1v) is 6.32. The molecule has 0 bridgehead atoms. The van der Waals surface area contributed by atoms with E-state index in [9.17, 15) is 13.2 Å². The normalized spacial score (nSPS) is 13.0. The quantitative estimate of drug-likeness (QED) is 0.657. The number of rotatable bonds is 5. The minimum Gasteiger partial charge on any atom is -0.492 e. The second-order valence-corrected chi connectivity index (χ2v) is 4.46. The molecule has 112 valence electrons. The Morgan fingerprint density at radius 2 is 1.62 bits per heavy atom. The van der Waals surface area contributed by atoms with Gasteiger partial charge in [-0.25, -0.2) is 5.43 Å². The highest BCUT2D eigenvalue weighted by Gasteiger charge is 2.30. The van der Waals surface area contributed by atoms with Crippen molar-refractivity contribution in [1.82, 2.24) is 5.43 Å². The zero-order chi connectivity index (χ0) is 15.3. The summed E-state index contributed by atoms with van der Waals surface area (Å²) >= 11 is 0. The van der Waals surface area contributed by atoms with Gasteiger partial charge in [0.1, 0.15) is 12.4 Å². The molecule has 3 nitrogen and oxygen atoms in total. The summed E-state index contributed by atoms with van der Waals surface area (Å²) in [7, 11) is 0. The molecule has 0 aliphatic carbocycles. The maximum Gasteiger partial charge on any atom is 0.416 e. The topological polar surface area (TPSA) is 47.3 Å². The van der Waals surface area contributed by atoms with E-state index in [2.05, 4.69) is 5.43 Å². The average molecular weight is 296 g/mol. The first-order chi connectivity index (χ1) is 10.0. The third-order valence-corrected chi connectivity index (χ3v) is 3.00. The highest BCUT2D eigenvalue weighted by atomic mass is 19.4. The lowest BCUT2D eigenvalue weighted by atomic mass is 10.1. The van der Waals surface area contributed by atoms with E-state index in [4.69, 9.17) is 10.6 Å². The molecular formula is C15H15F3N2O. The van der Waals surface area contributed by atoms with Crippen molar-refractivity contribution in [2.24, 2.45) is 5.84 Å². The molecule has 2 aromatic rings. The van der Waals surface area contributed by atoms with Gasteiger partial charge in [0.05, 0.1) is 11.6 Å². The molecule has 0 saturated carbocycles. The first-order valence-electron chi connectivity index (χ1n) is 6.32. The molecule has 1 unspecified atom stereocenters. The van der Waals surface area contributed by atoms with Crippen LogP contribution >= 0.6 is 0 Å². The fourth-order valence-corrected chi connectivity index (χ4v) is 1.84. The number of hydrogen-bond donors (Lipinski definition) is 2. The van der Waals surface area contributed by atoms with Gasteiger partial charge >= 0.3 is 6.18 Å². The number of hydrogen-bond acceptors (Lipinski definition) is 3. The van der Waals surface area contributed by atoms with Crippen LogP contribution in [0.1, 0.15) is 17.2 Å². The van der Waals surface area contributed by atoms with Crippen LogP contribution in [-0.2, 0) is 6.18 Å². The third-order valence-electron chi connectivity index (χ3n) is 3.00. The molecule has 0 saturated heterocycles. The predicted molar refractivity (Wildman–Crippen MR) is 73.4 cm³/mol. The fraction of sp³-hybridized carbons (Fsp3) is 0.200. The van der Waals surface area contributed by atoms with Crippen molar-refractivity contribution in [3.63, 3.8) is 0 Å². The number of benzene rings is 2. The van der Waals surface area contributed by atoms with E-state index in [0.29, 0.717) is 11.3 Å². The van der Waals surface area contributed by atoms with E-state index in [1.54, 1.807) is 12.1 Å². The number of ether oxygens (including phenoxy) is 1. The molecule has 0 aliphatic heterocycles. The number of halogens is 3. The number of nitrogens with one attached hydrogen (secondary N) is 1. The zero-order valence-corrected chi connectivity index (χ0v) is 11.1. The highest BCUT2D eigenvalue weighted by molar-refractivity contribution is 5.27. The van der Waals surface area contributed by atoms with Gasteiger partial charge in [0.25, 0.3) is 0 Å². The van der Waals surface area contributed by atoms with Gasteiger partial charge in [-0.2, -0.15) is 13.2 Å². The first kappa shape index (κ1) is 15.3. The summed E-state index contributed by atoms with van der Waals surface area (Å²) in [5.74, 6) is 6.11. The van der Waals surface area contributed by atoms with E-state index in [-0.39, 0.29) is 6.61 Å². The number of hydrazine groups is 1. The van der Waals surface area contributed by atoms with Gasteiger partial charge < -0.3 is 4.74 Å². The number of nitrogens with two attached hydrogens (primary N) is 1. The average Bonchev–Trinajstić information content (AvgIpc) is 2.48. The van der Waals surface area contributed by atoms with Gasteiger partial charge in [-0.1, -0.05) is 30.3 Å². The smallest absolute Gasteiger partial charge is 0.416 e. The summed E-state index contributed by atoms with van der Waals surface area (Å²) in [4.78, 5) is 0. The minimum absolute atomic E-state index is 0.214. The molecular weight excluding hydrogens is 281 g/mol.